The van der Waals surface area contributed by atoms with E-state index in [1.165, 1.54) is 11.3 Å². The van der Waals surface area contributed by atoms with Crippen LogP contribution in [0.2, 0.25) is 0 Å². The first-order valence-electron chi connectivity index (χ1n) is 6.51. The quantitative estimate of drug-likeness (QED) is 0.716. The highest BCUT2D eigenvalue weighted by Crippen LogP contribution is 2.21. The second kappa shape index (κ2) is 6.83. The van der Waals surface area contributed by atoms with Gasteiger partial charge in [-0.2, -0.15) is 0 Å². The molecule has 0 aromatic carbocycles. The number of carboxylic acid groups (broad SMARTS) is 1. The number of likely N-dealkylation sites (N-methyl/N-ethyl adjacent to an activating group) is 1. The van der Waals surface area contributed by atoms with Crippen LogP contribution in [0.3, 0.4) is 0 Å². The summed E-state index contributed by atoms with van der Waals surface area (Å²) in [5.74, 6) is -1.69. The Labute approximate surface area is 121 Å². The number of aliphatic carboxylic acids is 1. The molecule has 3 unspecified atom stereocenters. The van der Waals surface area contributed by atoms with Crippen LogP contribution in [0.25, 0.3) is 0 Å². The zero-order chi connectivity index (χ0) is 14.5. The summed E-state index contributed by atoms with van der Waals surface area (Å²) in [5, 5.41) is 16.8. The van der Waals surface area contributed by atoms with Crippen molar-refractivity contribution in [3.63, 3.8) is 0 Å². The standard InChI is InChI=1S/C13H18N2O4S/c1-2-14-9-7-19-6-8(9)12(16)15-11(13(17)18)10-4-3-5-20-10/h3-5,8-9,11,14H,2,6-7H2,1H3,(H,15,16)(H,17,18). The number of hydrogen-bond donors (Lipinski definition) is 3. The van der Waals surface area contributed by atoms with Gasteiger partial charge in [-0.25, -0.2) is 4.79 Å². The van der Waals surface area contributed by atoms with Crippen LogP contribution in [0.5, 0.6) is 0 Å². The van der Waals surface area contributed by atoms with Crippen LogP contribution in [0.4, 0.5) is 0 Å². The van der Waals surface area contributed by atoms with Crippen LogP contribution < -0.4 is 10.6 Å². The number of rotatable bonds is 6. The Morgan fingerprint density at radius 1 is 1.55 bits per heavy atom. The van der Waals surface area contributed by atoms with Crippen LogP contribution >= 0.6 is 11.3 Å². The van der Waals surface area contributed by atoms with E-state index in [1.807, 2.05) is 6.92 Å². The lowest BCUT2D eigenvalue weighted by Gasteiger charge is -2.20. The maximum atomic E-state index is 12.3. The van der Waals surface area contributed by atoms with Gasteiger partial charge in [-0.1, -0.05) is 13.0 Å². The third kappa shape index (κ3) is 3.36. The highest BCUT2D eigenvalue weighted by molar-refractivity contribution is 7.10. The molecule has 110 valence electrons. The van der Waals surface area contributed by atoms with Gasteiger partial charge >= 0.3 is 5.97 Å². The second-order valence-electron chi connectivity index (χ2n) is 4.60. The summed E-state index contributed by atoms with van der Waals surface area (Å²) < 4.78 is 5.31. The molecule has 1 aliphatic rings. The third-order valence-electron chi connectivity index (χ3n) is 3.24. The van der Waals surface area contributed by atoms with Crippen molar-refractivity contribution >= 4 is 23.2 Å². The minimum Gasteiger partial charge on any atom is -0.479 e. The molecule has 0 saturated carbocycles. The van der Waals surface area contributed by atoms with E-state index in [1.54, 1.807) is 17.5 Å². The minimum atomic E-state index is -1.06. The fourth-order valence-electron chi connectivity index (χ4n) is 2.24. The molecule has 0 bridgehead atoms. The van der Waals surface area contributed by atoms with Crippen LogP contribution in [0.15, 0.2) is 17.5 Å². The van der Waals surface area contributed by atoms with Crippen molar-refractivity contribution in [3.8, 4) is 0 Å². The number of carbonyl (C=O) groups excluding carboxylic acids is 1. The summed E-state index contributed by atoms with van der Waals surface area (Å²) in [6.45, 7) is 3.49. The van der Waals surface area contributed by atoms with Gasteiger partial charge in [0.2, 0.25) is 5.91 Å². The van der Waals surface area contributed by atoms with Crippen molar-refractivity contribution in [2.75, 3.05) is 19.8 Å². The van der Waals surface area contributed by atoms with Crippen LogP contribution in [-0.4, -0.2) is 42.8 Å². The number of nitrogens with one attached hydrogen (secondary N) is 2. The summed E-state index contributed by atoms with van der Waals surface area (Å²) in [7, 11) is 0. The lowest BCUT2D eigenvalue weighted by molar-refractivity contribution is -0.142. The molecule has 0 spiro atoms. The van der Waals surface area contributed by atoms with Gasteiger partial charge in [-0.15, -0.1) is 11.3 Å². The molecule has 3 atom stereocenters. The molecule has 20 heavy (non-hydrogen) atoms. The van der Waals surface area contributed by atoms with E-state index < -0.39 is 12.0 Å². The lowest BCUT2D eigenvalue weighted by Crippen LogP contribution is -2.46. The predicted octanol–water partition coefficient (Wildman–Crippen LogP) is 0.615. The molecular weight excluding hydrogens is 280 g/mol. The summed E-state index contributed by atoms with van der Waals surface area (Å²) >= 11 is 1.31. The van der Waals surface area contributed by atoms with Gasteiger partial charge in [-0.3, -0.25) is 4.79 Å². The number of ether oxygens (including phenoxy) is 1. The fraction of sp³-hybridized carbons (Fsp3) is 0.538. The van der Waals surface area contributed by atoms with Crippen molar-refractivity contribution in [2.45, 2.75) is 19.0 Å². The van der Waals surface area contributed by atoms with Gasteiger partial charge in [-0.05, 0) is 18.0 Å². The molecule has 0 radical (unpaired) electrons. The Morgan fingerprint density at radius 2 is 2.35 bits per heavy atom. The van der Waals surface area contributed by atoms with E-state index in [-0.39, 0.29) is 17.9 Å². The molecular formula is C13H18N2O4S. The molecule has 1 amide bonds. The maximum Gasteiger partial charge on any atom is 0.331 e. The van der Waals surface area contributed by atoms with Crippen molar-refractivity contribution in [1.82, 2.24) is 10.6 Å². The first-order valence-corrected chi connectivity index (χ1v) is 7.39. The molecule has 1 saturated heterocycles. The van der Waals surface area contributed by atoms with Crippen molar-refractivity contribution in [3.05, 3.63) is 22.4 Å². The molecule has 0 aliphatic carbocycles. The predicted molar refractivity (Wildman–Crippen MR) is 74.6 cm³/mol. The normalized spacial score (nSPS) is 23.4. The number of hydrogen-bond acceptors (Lipinski definition) is 5. The third-order valence-corrected chi connectivity index (χ3v) is 4.18. The van der Waals surface area contributed by atoms with Gasteiger partial charge in [0.05, 0.1) is 19.1 Å². The zero-order valence-electron chi connectivity index (χ0n) is 11.2. The van der Waals surface area contributed by atoms with Gasteiger partial charge in [0.1, 0.15) is 0 Å². The number of amides is 1. The van der Waals surface area contributed by atoms with Crippen LogP contribution in [-0.2, 0) is 14.3 Å². The summed E-state index contributed by atoms with van der Waals surface area (Å²) in [6.07, 6.45) is 0. The van der Waals surface area contributed by atoms with Crippen LogP contribution in [0.1, 0.15) is 17.8 Å². The highest BCUT2D eigenvalue weighted by Gasteiger charge is 2.35. The molecule has 6 nitrogen and oxygen atoms in total. The SMILES string of the molecule is CCNC1COCC1C(=O)NC(C(=O)O)c1cccs1. The van der Waals surface area contributed by atoms with E-state index in [9.17, 15) is 14.7 Å². The average Bonchev–Trinajstić information content (AvgIpc) is 3.06. The molecule has 2 heterocycles. The Bertz CT molecular complexity index is 463. The van der Waals surface area contributed by atoms with Gasteiger partial charge < -0.3 is 20.5 Å². The molecule has 2 rings (SSSR count). The summed E-state index contributed by atoms with van der Waals surface area (Å²) in [4.78, 5) is 24.2. The van der Waals surface area contributed by atoms with E-state index >= 15 is 0 Å². The topological polar surface area (TPSA) is 87.7 Å². The Morgan fingerprint density at radius 3 is 2.95 bits per heavy atom. The summed E-state index contributed by atoms with van der Waals surface area (Å²) in [5.41, 5.74) is 0. The van der Waals surface area contributed by atoms with Gasteiger partial charge in [0, 0.05) is 10.9 Å². The summed E-state index contributed by atoms with van der Waals surface area (Å²) in [6, 6.07) is 2.42. The molecule has 7 heteroatoms. The van der Waals surface area contributed by atoms with Crippen molar-refractivity contribution in [2.24, 2.45) is 5.92 Å². The first-order chi connectivity index (χ1) is 9.63. The zero-order valence-corrected chi connectivity index (χ0v) is 12.0. The minimum absolute atomic E-state index is 0.0576. The average molecular weight is 298 g/mol. The fourth-order valence-corrected chi connectivity index (χ4v) is 3.00. The van der Waals surface area contributed by atoms with E-state index in [0.717, 1.165) is 6.54 Å². The first kappa shape index (κ1) is 15.0. The Kier molecular flexibility index (Phi) is 5.11. The van der Waals surface area contributed by atoms with E-state index in [4.69, 9.17) is 4.74 Å². The molecule has 1 aliphatic heterocycles. The monoisotopic (exact) mass is 298 g/mol. The highest BCUT2D eigenvalue weighted by atomic mass is 32.1. The number of carbonyl (C=O) groups is 2. The van der Waals surface area contributed by atoms with Crippen LogP contribution in [0, 0.1) is 5.92 Å². The maximum absolute atomic E-state index is 12.3. The van der Waals surface area contributed by atoms with Gasteiger partial charge in [0.25, 0.3) is 0 Å². The molecule has 1 aromatic rings. The Hall–Kier alpha value is -1.44. The molecule has 1 fully saturated rings. The largest absolute Gasteiger partial charge is 0.479 e. The Balaban J connectivity index is 2.03. The van der Waals surface area contributed by atoms with Gasteiger partial charge in [0.15, 0.2) is 6.04 Å². The second-order valence-corrected chi connectivity index (χ2v) is 5.58. The smallest absolute Gasteiger partial charge is 0.331 e. The van der Waals surface area contributed by atoms with Crippen molar-refractivity contribution in [1.29, 1.82) is 0 Å². The van der Waals surface area contributed by atoms with Crippen molar-refractivity contribution < 1.29 is 19.4 Å². The lowest BCUT2D eigenvalue weighted by atomic mass is 10.0. The molecule has 3 N–H and O–H groups in total. The number of carboxylic acids is 1. The van der Waals surface area contributed by atoms with E-state index in [2.05, 4.69) is 10.6 Å². The number of thiophene rings is 1. The van der Waals surface area contributed by atoms with E-state index in [0.29, 0.717) is 18.1 Å². The molecule has 1 aromatic heterocycles.